The van der Waals surface area contributed by atoms with E-state index in [4.69, 9.17) is 9.47 Å². The minimum atomic E-state index is -0.303. The molecule has 0 bridgehead atoms. The number of benzene rings is 3. The SMILES string of the molecule is COCc1cc(C(=O)Nc2ccc(C)cc2OCCCCCC(=O)N2CCN(C)CC2)ccc1NC(=O)c1c[nH]c2ccccc12. The van der Waals surface area contributed by atoms with Crippen molar-refractivity contribution in [2.24, 2.45) is 0 Å². The molecule has 0 atom stereocenters. The third-order valence-electron chi connectivity index (χ3n) is 8.28. The van der Waals surface area contributed by atoms with Crippen LogP contribution in [0.1, 0.15) is 57.5 Å². The minimum Gasteiger partial charge on any atom is -0.491 e. The van der Waals surface area contributed by atoms with E-state index < -0.39 is 0 Å². The van der Waals surface area contributed by atoms with Crippen LogP contribution in [0, 0.1) is 6.92 Å². The van der Waals surface area contributed by atoms with Crippen LogP contribution in [0.2, 0.25) is 0 Å². The van der Waals surface area contributed by atoms with Gasteiger partial charge in [0.2, 0.25) is 5.91 Å². The maximum absolute atomic E-state index is 13.4. The molecule has 0 aliphatic carbocycles. The summed E-state index contributed by atoms with van der Waals surface area (Å²) >= 11 is 0. The Bertz CT molecular complexity index is 1670. The van der Waals surface area contributed by atoms with Crippen molar-refractivity contribution in [3.05, 3.63) is 89.1 Å². The second-order valence-corrected chi connectivity index (χ2v) is 11.8. The van der Waals surface area contributed by atoms with Crippen molar-refractivity contribution < 1.29 is 23.9 Å². The largest absolute Gasteiger partial charge is 0.491 e. The second kappa shape index (κ2) is 15.6. The number of nitrogens with one attached hydrogen (secondary N) is 3. The lowest BCUT2D eigenvalue weighted by Crippen LogP contribution is -2.47. The van der Waals surface area contributed by atoms with Crippen LogP contribution in [0.3, 0.4) is 0 Å². The molecule has 0 unspecified atom stereocenters. The zero-order valence-electron chi connectivity index (χ0n) is 26.9. The molecule has 1 aliphatic rings. The first-order valence-corrected chi connectivity index (χ1v) is 15.8. The number of hydrogen-bond donors (Lipinski definition) is 3. The average Bonchev–Trinajstić information content (AvgIpc) is 3.49. The molecule has 1 aromatic heterocycles. The highest BCUT2D eigenvalue weighted by molar-refractivity contribution is 6.13. The van der Waals surface area contributed by atoms with Gasteiger partial charge < -0.3 is 34.9 Å². The Hall–Kier alpha value is -4.67. The lowest BCUT2D eigenvalue weighted by molar-refractivity contribution is -0.132. The Morgan fingerprint density at radius 3 is 2.43 bits per heavy atom. The summed E-state index contributed by atoms with van der Waals surface area (Å²) in [6.07, 6.45) is 4.78. The average molecular weight is 626 g/mol. The molecule has 3 N–H and O–H groups in total. The van der Waals surface area contributed by atoms with E-state index in [1.165, 1.54) is 0 Å². The van der Waals surface area contributed by atoms with Gasteiger partial charge in [-0.05, 0) is 75.2 Å². The van der Waals surface area contributed by atoms with Gasteiger partial charge in [-0.2, -0.15) is 0 Å². The highest BCUT2D eigenvalue weighted by Gasteiger charge is 2.19. The van der Waals surface area contributed by atoms with Crippen LogP contribution < -0.4 is 15.4 Å². The number of methoxy groups -OCH3 is 1. The number of amides is 3. The van der Waals surface area contributed by atoms with Crippen molar-refractivity contribution in [2.45, 2.75) is 39.2 Å². The van der Waals surface area contributed by atoms with Crippen LogP contribution in [-0.4, -0.2) is 79.4 Å². The quantitative estimate of drug-likeness (QED) is 0.161. The summed E-state index contributed by atoms with van der Waals surface area (Å²) < 4.78 is 11.5. The number of fused-ring (bicyclic) bond motifs is 1. The van der Waals surface area contributed by atoms with Crippen molar-refractivity contribution in [1.29, 1.82) is 0 Å². The summed E-state index contributed by atoms with van der Waals surface area (Å²) in [6.45, 7) is 6.14. The number of para-hydroxylation sites is 1. The first-order valence-electron chi connectivity index (χ1n) is 15.8. The molecule has 10 heteroatoms. The van der Waals surface area contributed by atoms with Gasteiger partial charge in [0.15, 0.2) is 0 Å². The van der Waals surface area contributed by atoms with Crippen LogP contribution in [0.5, 0.6) is 5.75 Å². The van der Waals surface area contributed by atoms with E-state index in [1.807, 2.05) is 54.3 Å². The number of rotatable bonds is 13. The number of likely N-dealkylation sites (N-methyl/N-ethyl adjacent to an activating group) is 1. The number of anilines is 2. The van der Waals surface area contributed by atoms with E-state index in [0.717, 1.165) is 61.9 Å². The molecule has 1 aliphatic heterocycles. The number of aryl methyl sites for hydroxylation is 1. The number of carbonyl (C=O) groups is 3. The monoisotopic (exact) mass is 625 g/mol. The summed E-state index contributed by atoms with van der Waals surface area (Å²) in [5, 5.41) is 6.78. The van der Waals surface area contributed by atoms with Gasteiger partial charge in [0.25, 0.3) is 11.8 Å². The molecule has 3 aromatic carbocycles. The van der Waals surface area contributed by atoms with Crippen molar-refractivity contribution in [1.82, 2.24) is 14.8 Å². The molecule has 5 rings (SSSR count). The molecule has 1 saturated heterocycles. The Labute approximate surface area is 270 Å². The predicted octanol–water partition coefficient (Wildman–Crippen LogP) is 5.84. The summed E-state index contributed by atoms with van der Waals surface area (Å²) in [6, 6.07) is 18.4. The topological polar surface area (TPSA) is 116 Å². The number of hydrogen-bond acceptors (Lipinski definition) is 6. The molecule has 0 radical (unpaired) electrons. The fourth-order valence-electron chi connectivity index (χ4n) is 5.58. The first kappa shape index (κ1) is 32.7. The summed E-state index contributed by atoms with van der Waals surface area (Å²) in [5.74, 6) is 0.274. The molecule has 3 amide bonds. The number of aromatic nitrogens is 1. The van der Waals surface area contributed by atoms with Crippen LogP contribution >= 0.6 is 0 Å². The number of aromatic amines is 1. The molecule has 1 fully saturated rings. The predicted molar refractivity (Wildman–Crippen MR) is 181 cm³/mol. The Morgan fingerprint density at radius 1 is 0.870 bits per heavy atom. The van der Waals surface area contributed by atoms with E-state index in [0.29, 0.717) is 46.8 Å². The van der Waals surface area contributed by atoms with Gasteiger partial charge in [-0.1, -0.05) is 24.3 Å². The number of nitrogens with zero attached hydrogens (tertiary/aromatic N) is 2. The van der Waals surface area contributed by atoms with Gasteiger partial charge in [0.05, 0.1) is 24.5 Å². The molecule has 46 heavy (non-hydrogen) atoms. The maximum Gasteiger partial charge on any atom is 0.257 e. The zero-order valence-corrected chi connectivity index (χ0v) is 26.9. The first-order chi connectivity index (χ1) is 22.3. The van der Waals surface area contributed by atoms with Crippen molar-refractivity contribution in [3.63, 3.8) is 0 Å². The van der Waals surface area contributed by atoms with Crippen LogP contribution in [0.4, 0.5) is 11.4 Å². The van der Waals surface area contributed by atoms with E-state index in [9.17, 15) is 14.4 Å². The van der Waals surface area contributed by atoms with E-state index in [1.54, 1.807) is 31.5 Å². The Kier molecular flexibility index (Phi) is 11.1. The lowest BCUT2D eigenvalue weighted by Gasteiger charge is -2.32. The Balaban J connectivity index is 1.16. The molecule has 2 heterocycles. The molecule has 242 valence electrons. The van der Waals surface area contributed by atoms with Gasteiger partial charge in [-0.3, -0.25) is 14.4 Å². The zero-order chi connectivity index (χ0) is 32.5. The minimum absolute atomic E-state index is 0.213. The summed E-state index contributed by atoms with van der Waals surface area (Å²) in [4.78, 5) is 46.3. The van der Waals surface area contributed by atoms with Gasteiger partial charge in [0, 0.05) is 73.6 Å². The van der Waals surface area contributed by atoms with E-state index >= 15 is 0 Å². The lowest BCUT2D eigenvalue weighted by atomic mass is 10.1. The van der Waals surface area contributed by atoms with Crippen molar-refractivity contribution in [2.75, 3.05) is 57.6 Å². The van der Waals surface area contributed by atoms with Crippen LogP contribution in [0.15, 0.2) is 66.9 Å². The number of carbonyl (C=O) groups excluding carboxylic acids is 3. The summed E-state index contributed by atoms with van der Waals surface area (Å²) in [5.41, 5.74) is 4.67. The molecular formula is C36H43N5O5. The highest BCUT2D eigenvalue weighted by Crippen LogP contribution is 2.28. The van der Waals surface area contributed by atoms with Gasteiger partial charge in [-0.15, -0.1) is 0 Å². The highest BCUT2D eigenvalue weighted by atomic mass is 16.5. The molecule has 10 nitrogen and oxygen atoms in total. The maximum atomic E-state index is 13.4. The molecule has 4 aromatic rings. The number of H-pyrrole nitrogens is 1. The number of unbranched alkanes of at least 4 members (excludes halogenated alkanes) is 2. The van der Waals surface area contributed by atoms with Crippen LogP contribution in [-0.2, 0) is 16.1 Å². The smallest absolute Gasteiger partial charge is 0.257 e. The van der Waals surface area contributed by atoms with Crippen LogP contribution in [0.25, 0.3) is 10.9 Å². The molecular weight excluding hydrogens is 582 g/mol. The third-order valence-corrected chi connectivity index (χ3v) is 8.28. The van der Waals surface area contributed by atoms with Gasteiger partial charge in [0.1, 0.15) is 5.75 Å². The number of piperazine rings is 1. The summed E-state index contributed by atoms with van der Waals surface area (Å²) in [7, 11) is 3.65. The Morgan fingerprint density at radius 2 is 1.63 bits per heavy atom. The van der Waals surface area contributed by atoms with E-state index in [-0.39, 0.29) is 24.3 Å². The molecule has 0 spiro atoms. The van der Waals surface area contributed by atoms with Gasteiger partial charge >= 0.3 is 0 Å². The van der Waals surface area contributed by atoms with E-state index in [2.05, 4.69) is 27.6 Å². The van der Waals surface area contributed by atoms with Gasteiger partial charge in [-0.25, -0.2) is 0 Å². The normalized spacial score (nSPS) is 13.5. The molecule has 0 saturated carbocycles. The fraction of sp³-hybridized carbons (Fsp3) is 0.361. The third kappa shape index (κ3) is 8.32. The number of ether oxygens (including phenoxy) is 2. The van der Waals surface area contributed by atoms with Crippen molar-refractivity contribution in [3.8, 4) is 5.75 Å². The second-order valence-electron chi connectivity index (χ2n) is 11.8. The standard InChI is InChI=1S/C36H43N5O5/c1-25-12-14-32(33(21-25)46-20-8-4-5-11-34(42)41-18-16-40(2)17-19-41)39-35(43)26-13-15-30(27(22-26)24-45-3)38-36(44)29-23-37-31-10-7-6-9-28(29)31/h6-7,9-10,12-15,21-23,37H,4-5,8,11,16-20,24H2,1-3H3,(H,38,44)(H,39,43). The van der Waals surface area contributed by atoms with Crippen molar-refractivity contribution >= 4 is 40.0 Å². The fourth-order valence-corrected chi connectivity index (χ4v) is 5.58.